The number of aromatic nitrogens is 1. The first-order chi connectivity index (χ1) is 10.1. The van der Waals surface area contributed by atoms with Crippen LogP contribution in [0.3, 0.4) is 0 Å². The Hall–Kier alpha value is -2.44. The Kier molecular flexibility index (Phi) is 4.86. The fourth-order valence-electron chi connectivity index (χ4n) is 2.28. The van der Waals surface area contributed by atoms with Gasteiger partial charge in [0.25, 0.3) is 5.91 Å². The Bertz CT molecular complexity index is 524. The minimum absolute atomic E-state index is 0.0605. The summed E-state index contributed by atoms with van der Waals surface area (Å²) in [5, 5.41) is 2.57. The molecule has 3 N–H and O–H groups in total. The molecule has 1 aliphatic heterocycles. The monoisotopic (exact) mass is 290 g/mol. The molecule has 2 rings (SSSR count). The summed E-state index contributed by atoms with van der Waals surface area (Å²) in [5.74, 6) is -0.954. The van der Waals surface area contributed by atoms with E-state index >= 15 is 0 Å². The number of carbonyl (C=O) groups is 3. The van der Waals surface area contributed by atoms with Crippen molar-refractivity contribution < 1.29 is 14.4 Å². The van der Waals surface area contributed by atoms with Gasteiger partial charge in [-0.15, -0.1) is 0 Å². The van der Waals surface area contributed by atoms with Gasteiger partial charge in [-0.3, -0.25) is 19.4 Å². The Morgan fingerprint density at radius 3 is 2.62 bits per heavy atom. The summed E-state index contributed by atoms with van der Waals surface area (Å²) in [6, 6.07) is 3.29. The average molecular weight is 290 g/mol. The Balaban J connectivity index is 1.78. The van der Waals surface area contributed by atoms with E-state index < -0.39 is 0 Å². The lowest BCUT2D eigenvalue weighted by Crippen LogP contribution is -2.45. The normalized spacial score (nSPS) is 15.5. The first-order valence-corrected chi connectivity index (χ1v) is 6.83. The van der Waals surface area contributed by atoms with Crippen LogP contribution in [-0.4, -0.2) is 47.2 Å². The van der Waals surface area contributed by atoms with Crippen molar-refractivity contribution in [1.82, 2.24) is 15.2 Å². The van der Waals surface area contributed by atoms with Gasteiger partial charge in [0.2, 0.25) is 11.8 Å². The Morgan fingerprint density at radius 1 is 1.33 bits per heavy atom. The van der Waals surface area contributed by atoms with Crippen molar-refractivity contribution in [2.24, 2.45) is 11.7 Å². The number of rotatable bonds is 4. The number of likely N-dealkylation sites (tertiary alicyclic amines) is 1. The van der Waals surface area contributed by atoms with Crippen molar-refractivity contribution in [3.05, 3.63) is 30.1 Å². The number of carbonyl (C=O) groups excluding carboxylic acids is 3. The molecule has 7 nitrogen and oxygen atoms in total. The molecule has 2 heterocycles. The summed E-state index contributed by atoms with van der Waals surface area (Å²) in [4.78, 5) is 40.3. The molecule has 1 fully saturated rings. The van der Waals surface area contributed by atoms with Gasteiger partial charge in [-0.1, -0.05) is 0 Å². The summed E-state index contributed by atoms with van der Waals surface area (Å²) in [6.07, 6.45) is 4.18. The quantitative estimate of drug-likeness (QED) is 0.782. The molecule has 0 aromatic carbocycles. The van der Waals surface area contributed by atoms with Crippen molar-refractivity contribution in [1.29, 1.82) is 0 Å². The van der Waals surface area contributed by atoms with E-state index in [-0.39, 0.29) is 30.2 Å². The van der Waals surface area contributed by atoms with E-state index in [0.29, 0.717) is 31.5 Å². The number of hydrogen-bond acceptors (Lipinski definition) is 4. The van der Waals surface area contributed by atoms with Crippen LogP contribution < -0.4 is 11.1 Å². The molecular formula is C14H18N4O3. The summed E-state index contributed by atoms with van der Waals surface area (Å²) >= 11 is 0. The third-order valence-corrected chi connectivity index (χ3v) is 3.57. The second kappa shape index (κ2) is 6.83. The van der Waals surface area contributed by atoms with Gasteiger partial charge < -0.3 is 16.0 Å². The van der Waals surface area contributed by atoms with E-state index in [9.17, 15) is 14.4 Å². The molecule has 0 unspecified atom stereocenters. The summed E-state index contributed by atoms with van der Waals surface area (Å²) in [7, 11) is 0. The molecule has 1 aromatic rings. The molecule has 1 saturated heterocycles. The zero-order valence-electron chi connectivity index (χ0n) is 11.6. The van der Waals surface area contributed by atoms with Crippen LogP contribution in [0.15, 0.2) is 24.5 Å². The number of piperidine rings is 1. The SMILES string of the molecule is NC(=O)C1CCN(C(=O)CNC(=O)c2cccnc2)CC1. The molecule has 0 saturated carbocycles. The molecular weight excluding hydrogens is 272 g/mol. The van der Waals surface area contributed by atoms with Gasteiger partial charge in [0.05, 0.1) is 12.1 Å². The largest absolute Gasteiger partial charge is 0.369 e. The van der Waals surface area contributed by atoms with Crippen molar-refractivity contribution in [3.63, 3.8) is 0 Å². The number of pyridine rings is 1. The summed E-state index contributed by atoms with van der Waals surface area (Å²) in [5.41, 5.74) is 5.66. The van der Waals surface area contributed by atoms with Crippen molar-refractivity contribution in [2.45, 2.75) is 12.8 Å². The third kappa shape index (κ3) is 4.01. The topological polar surface area (TPSA) is 105 Å². The van der Waals surface area contributed by atoms with Crippen LogP contribution in [0.5, 0.6) is 0 Å². The maximum Gasteiger partial charge on any atom is 0.253 e. The fraction of sp³-hybridized carbons (Fsp3) is 0.429. The zero-order valence-corrected chi connectivity index (χ0v) is 11.6. The number of nitrogens with two attached hydrogens (primary N) is 1. The lowest BCUT2D eigenvalue weighted by Gasteiger charge is -2.30. The maximum absolute atomic E-state index is 12.0. The number of hydrogen-bond donors (Lipinski definition) is 2. The third-order valence-electron chi connectivity index (χ3n) is 3.57. The minimum atomic E-state index is -0.330. The molecule has 0 bridgehead atoms. The molecule has 1 aromatic heterocycles. The number of primary amides is 1. The number of amides is 3. The van der Waals surface area contributed by atoms with Crippen LogP contribution in [0, 0.1) is 5.92 Å². The molecule has 0 spiro atoms. The van der Waals surface area contributed by atoms with Crippen molar-refractivity contribution in [3.8, 4) is 0 Å². The van der Waals surface area contributed by atoms with Crippen LogP contribution >= 0.6 is 0 Å². The molecule has 0 aliphatic carbocycles. The Morgan fingerprint density at radius 2 is 2.05 bits per heavy atom. The first kappa shape index (κ1) is 15.0. The van der Waals surface area contributed by atoms with Crippen LogP contribution in [0.2, 0.25) is 0 Å². The van der Waals surface area contributed by atoms with E-state index in [1.54, 1.807) is 23.2 Å². The van der Waals surface area contributed by atoms with Crippen LogP contribution in [0.1, 0.15) is 23.2 Å². The molecule has 1 aliphatic rings. The lowest BCUT2D eigenvalue weighted by molar-refractivity contribution is -0.133. The number of nitrogens with one attached hydrogen (secondary N) is 1. The van der Waals surface area contributed by atoms with Gasteiger partial charge in [-0.05, 0) is 25.0 Å². The lowest BCUT2D eigenvalue weighted by atomic mass is 9.96. The highest BCUT2D eigenvalue weighted by Crippen LogP contribution is 2.16. The molecule has 0 radical (unpaired) electrons. The van der Waals surface area contributed by atoms with Gasteiger partial charge in [0.15, 0.2) is 0 Å². The van der Waals surface area contributed by atoms with E-state index in [1.807, 2.05) is 0 Å². The van der Waals surface area contributed by atoms with Gasteiger partial charge in [0.1, 0.15) is 0 Å². The van der Waals surface area contributed by atoms with Gasteiger partial charge in [0, 0.05) is 31.4 Å². The number of nitrogens with zero attached hydrogens (tertiary/aromatic N) is 2. The smallest absolute Gasteiger partial charge is 0.253 e. The van der Waals surface area contributed by atoms with Crippen molar-refractivity contribution >= 4 is 17.7 Å². The highest BCUT2D eigenvalue weighted by molar-refractivity contribution is 5.96. The van der Waals surface area contributed by atoms with E-state index in [0.717, 1.165) is 0 Å². The summed E-state index contributed by atoms with van der Waals surface area (Å²) < 4.78 is 0. The maximum atomic E-state index is 12.0. The molecule has 21 heavy (non-hydrogen) atoms. The predicted octanol–water partition coefficient (Wildman–Crippen LogP) is -0.465. The molecule has 0 atom stereocenters. The zero-order chi connectivity index (χ0) is 15.2. The highest BCUT2D eigenvalue weighted by atomic mass is 16.2. The minimum Gasteiger partial charge on any atom is -0.369 e. The highest BCUT2D eigenvalue weighted by Gasteiger charge is 2.25. The molecule has 112 valence electrons. The predicted molar refractivity (Wildman–Crippen MR) is 75.1 cm³/mol. The van der Waals surface area contributed by atoms with E-state index in [2.05, 4.69) is 10.3 Å². The Labute approximate surface area is 122 Å². The van der Waals surface area contributed by atoms with Crippen LogP contribution in [-0.2, 0) is 9.59 Å². The average Bonchev–Trinajstić information content (AvgIpc) is 2.53. The second-order valence-electron chi connectivity index (χ2n) is 4.98. The van der Waals surface area contributed by atoms with E-state index in [1.165, 1.54) is 6.20 Å². The summed E-state index contributed by atoms with van der Waals surface area (Å²) in [6.45, 7) is 0.930. The van der Waals surface area contributed by atoms with Gasteiger partial charge >= 0.3 is 0 Å². The van der Waals surface area contributed by atoms with Crippen LogP contribution in [0.25, 0.3) is 0 Å². The van der Waals surface area contributed by atoms with E-state index in [4.69, 9.17) is 5.73 Å². The first-order valence-electron chi connectivity index (χ1n) is 6.83. The van der Waals surface area contributed by atoms with Gasteiger partial charge in [-0.25, -0.2) is 0 Å². The van der Waals surface area contributed by atoms with Crippen LogP contribution in [0.4, 0.5) is 0 Å². The molecule has 7 heteroatoms. The van der Waals surface area contributed by atoms with Gasteiger partial charge in [-0.2, -0.15) is 0 Å². The second-order valence-corrected chi connectivity index (χ2v) is 4.98. The van der Waals surface area contributed by atoms with Crippen molar-refractivity contribution in [2.75, 3.05) is 19.6 Å². The standard InChI is InChI=1S/C14H18N4O3/c15-13(20)10-3-6-18(7-4-10)12(19)9-17-14(21)11-2-1-5-16-8-11/h1-2,5,8,10H,3-4,6-7,9H2,(H2,15,20)(H,17,21). The fourth-order valence-corrected chi connectivity index (χ4v) is 2.28. The molecule has 3 amide bonds.